The fourth-order valence-electron chi connectivity index (χ4n) is 3.88. The molecule has 1 unspecified atom stereocenters. The Morgan fingerprint density at radius 3 is 1.62 bits per heavy atom. The van der Waals surface area contributed by atoms with E-state index in [0.29, 0.717) is 0 Å². The lowest BCUT2D eigenvalue weighted by Crippen LogP contribution is -2.48. The van der Waals surface area contributed by atoms with Gasteiger partial charge in [-0.3, -0.25) is 0 Å². The lowest BCUT2D eigenvalue weighted by Gasteiger charge is -2.36. The summed E-state index contributed by atoms with van der Waals surface area (Å²) in [5.74, 6) is 0. The van der Waals surface area contributed by atoms with Crippen LogP contribution in [-0.2, 0) is 13.1 Å². The maximum atomic E-state index is 9.35. The zero-order valence-corrected chi connectivity index (χ0v) is 19.1. The van der Waals surface area contributed by atoms with Gasteiger partial charge in [0.15, 0.2) is 0 Å². The number of benzene rings is 2. The number of rotatable bonds is 10. The van der Waals surface area contributed by atoms with E-state index in [-0.39, 0.29) is 12.7 Å². The molecule has 162 valence electrons. The topological polar surface area (TPSA) is 40.5 Å². The Labute approximate surface area is 178 Å². The van der Waals surface area contributed by atoms with Crippen molar-refractivity contribution in [2.24, 2.45) is 0 Å². The van der Waals surface area contributed by atoms with Crippen LogP contribution in [0.15, 0.2) is 60.7 Å². The molecule has 0 radical (unpaired) electrons. The molecule has 0 aliphatic heterocycles. The van der Waals surface area contributed by atoms with Crippen LogP contribution in [0.4, 0.5) is 0 Å². The molecule has 4 nitrogen and oxygen atoms in total. The molecule has 0 aliphatic rings. The van der Waals surface area contributed by atoms with Gasteiger partial charge in [0.25, 0.3) is 0 Å². The molecule has 0 heterocycles. The molecule has 0 aliphatic carbocycles. The van der Waals surface area contributed by atoms with Crippen molar-refractivity contribution in [1.82, 2.24) is 0 Å². The van der Waals surface area contributed by atoms with Crippen molar-refractivity contribution >= 4 is 0 Å². The second-order valence-electron chi connectivity index (χ2n) is 8.68. The van der Waals surface area contributed by atoms with E-state index in [9.17, 15) is 5.11 Å². The Morgan fingerprint density at radius 2 is 1.24 bits per heavy atom. The van der Waals surface area contributed by atoms with Crippen molar-refractivity contribution in [2.45, 2.75) is 40.0 Å². The maximum Gasteiger partial charge on any atom is 0.105 e. The molecule has 0 bridgehead atoms. The number of likely N-dealkylation sites (N-methyl/N-ethyl adjacent to an activating group) is 2. The summed E-state index contributed by atoms with van der Waals surface area (Å²) < 4.78 is 1.79. The standard InChI is InChI=1S/C13H22NO.C12H20NO/c1-3-14(4-2,10-11-15)12-13-8-6-5-7-9-13;1-11(14)9-13(2,3)10-12-7-5-4-6-8-12/h5-9,15H,3-4,10-12H2,1-2H3;4-8,11,14H,9-10H2,1-3H3/q2*+1. The summed E-state index contributed by atoms with van der Waals surface area (Å²) in [6.45, 7) is 12.3. The van der Waals surface area contributed by atoms with Gasteiger partial charge < -0.3 is 19.2 Å². The van der Waals surface area contributed by atoms with Gasteiger partial charge in [0.2, 0.25) is 0 Å². The average Bonchev–Trinajstić information content (AvgIpc) is 2.68. The van der Waals surface area contributed by atoms with E-state index in [2.05, 4.69) is 76.5 Å². The highest BCUT2D eigenvalue weighted by molar-refractivity contribution is 5.14. The average molecular weight is 403 g/mol. The second kappa shape index (κ2) is 12.8. The fourth-order valence-corrected chi connectivity index (χ4v) is 3.88. The van der Waals surface area contributed by atoms with Crippen LogP contribution < -0.4 is 0 Å². The SMILES string of the molecule is CC(O)C[N+](C)(C)Cc1ccccc1.CC[N+](CC)(CCO)Cc1ccccc1. The van der Waals surface area contributed by atoms with Crippen LogP contribution >= 0.6 is 0 Å². The predicted octanol–water partition coefficient (Wildman–Crippen LogP) is 3.68. The number of aliphatic hydroxyl groups is 2. The van der Waals surface area contributed by atoms with Gasteiger partial charge >= 0.3 is 0 Å². The summed E-state index contributed by atoms with van der Waals surface area (Å²) in [5.41, 5.74) is 2.67. The minimum Gasteiger partial charge on any atom is -0.391 e. The number of nitrogens with zero attached hydrogens (tertiary/aromatic N) is 2. The van der Waals surface area contributed by atoms with Crippen molar-refractivity contribution in [1.29, 1.82) is 0 Å². The summed E-state index contributed by atoms with van der Waals surface area (Å²) in [6.07, 6.45) is -0.242. The van der Waals surface area contributed by atoms with Gasteiger partial charge in [0.05, 0.1) is 33.8 Å². The highest BCUT2D eigenvalue weighted by Crippen LogP contribution is 2.13. The number of aliphatic hydroxyl groups excluding tert-OH is 2. The molecule has 2 N–H and O–H groups in total. The lowest BCUT2D eigenvalue weighted by atomic mass is 10.2. The van der Waals surface area contributed by atoms with E-state index in [0.717, 1.165) is 48.2 Å². The summed E-state index contributed by atoms with van der Waals surface area (Å²) in [7, 11) is 4.28. The Bertz CT molecular complexity index is 653. The minimum atomic E-state index is -0.242. The molecule has 0 spiro atoms. The fraction of sp³-hybridized carbons (Fsp3) is 0.520. The van der Waals surface area contributed by atoms with Gasteiger partial charge in [-0.15, -0.1) is 0 Å². The molecular formula is C25H42N2O2+2. The van der Waals surface area contributed by atoms with Gasteiger partial charge in [0.1, 0.15) is 32.3 Å². The minimum absolute atomic E-state index is 0.242. The van der Waals surface area contributed by atoms with Gasteiger partial charge in [-0.1, -0.05) is 60.7 Å². The monoisotopic (exact) mass is 402 g/mol. The molecule has 4 heteroatoms. The Balaban J connectivity index is 0.000000291. The van der Waals surface area contributed by atoms with E-state index < -0.39 is 0 Å². The van der Waals surface area contributed by atoms with Crippen LogP contribution in [0.25, 0.3) is 0 Å². The molecule has 0 saturated carbocycles. The zero-order chi connectivity index (χ0) is 21.8. The number of quaternary nitrogens is 2. The van der Waals surface area contributed by atoms with E-state index in [1.807, 2.05) is 19.1 Å². The first-order valence-corrected chi connectivity index (χ1v) is 10.8. The van der Waals surface area contributed by atoms with Crippen LogP contribution in [0.3, 0.4) is 0 Å². The summed E-state index contributed by atoms with van der Waals surface area (Å²) in [5, 5.41) is 18.5. The largest absolute Gasteiger partial charge is 0.391 e. The molecule has 29 heavy (non-hydrogen) atoms. The Morgan fingerprint density at radius 1 is 0.793 bits per heavy atom. The molecule has 2 aromatic carbocycles. The van der Waals surface area contributed by atoms with E-state index >= 15 is 0 Å². The first-order valence-electron chi connectivity index (χ1n) is 10.8. The third kappa shape index (κ3) is 10.0. The van der Waals surface area contributed by atoms with Gasteiger partial charge in [-0.05, 0) is 20.8 Å². The smallest absolute Gasteiger partial charge is 0.105 e. The quantitative estimate of drug-likeness (QED) is 0.595. The summed E-state index contributed by atoms with van der Waals surface area (Å²) in [6, 6.07) is 20.9. The zero-order valence-electron chi connectivity index (χ0n) is 19.1. The van der Waals surface area contributed by atoms with E-state index in [4.69, 9.17) is 5.11 Å². The predicted molar refractivity (Wildman–Crippen MR) is 122 cm³/mol. The van der Waals surface area contributed by atoms with Gasteiger partial charge in [-0.2, -0.15) is 0 Å². The number of hydrogen-bond donors (Lipinski definition) is 2. The highest BCUT2D eigenvalue weighted by Gasteiger charge is 2.22. The van der Waals surface area contributed by atoms with Gasteiger partial charge in [-0.25, -0.2) is 0 Å². The molecule has 0 aromatic heterocycles. The third-order valence-corrected chi connectivity index (χ3v) is 5.49. The molecule has 1 atom stereocenters. The normalized spacial score (nSPS) is 12.8. The molecule has 0 amide bonds. The maximum absolute atomic E-state index is 9.35. The second-order valence-corrected chi connectivity index (χ2v) is 8.68. The van der Waals surface area contributed by atoms with Crippen molar-refractivity contribution in [2.75, 3.05) is 46.9 Å². The molecule has 0 fully saturated rings. The summed E-state index contributed by atoms with van der Waals surface area (Å²) >= 11 is 0. The van der Waals surface area contributed by atoms with Crippen molar-refractivity contribution < 1.29 is 19.2 Å². The van der Waals surface area contributed by atoms with Crippen molar-refractivity contribution in [3.63, 3.8) is 0 Å². The van der Waals surface area contributed by atoms with Crippen LogP contribution in [0, 0.1) is 0 Å². The summed E-state index contributed by atoms with van der Waals surface area (Å²) in [4.78, 5) is 0. The van der Waals surface area contributed by atoms with Gasteiger partial charge in [0, 0.05) is 11.1 Å². The third-order valence-electron chi connectivity index (χ3n) is 5.49. The van der Waals surface area contributed by atoms with Crippen LogP contribution in [0.5, 0.6) is 0 Å². The first-order chi connectivity index (χ1) is 13.8. The lowest BCUT2D eigenvalue weighted by molar-refractivity contribution is -0.938. The molecule has 2 rings (SSSR count). The molecule has 0 saturated heterocycles. The van der Waals surface area contributed by atoms with E-state index in [1.165, 1.54) is 11.1 Å². The Kier molecular flexibility index (Phi) is 11.1. The first kappa shape index (κ1) is 25.3. The highest BCUT2D eigenvalue weighted by atomic mass is 16.3. The number of hydrogen-bond acceptors (Lipinski definition) is 2. The Hall–Kier alpha value is -1.72. The molecule has 2 aromatic rings. The van der Waals surface area contributed by atoms with Crippen LogP contribution in [0.1, 0.15) is 31.9 Å². The van der Waals surface area contributed by atoms with Crippen molar-refractivity contribution in [3.05, 3.63) is 71.8 Å². The van der Waals surface area contributed by atoms with Crippen molar-refractivity contribution in [3.8, 4) is 0 Å². The van der Waals surface area contributed by atoms with E-state index in [1.54, 1.807) is 0 Å². The van der Waals surface area contributed by atoms with Crippen LogP contribution in [-0.4, -0.2) is 72.2 Å². The van der Waals surface area contributed by atoms with Crippen LogP contribution in [0.2, 0.25) is 0 Å². The molecular weight excluding hydrogens is 360 g/mol.